The highest BCUT2D eigenvalue weighted by atomic mass is 35.5. The third kappa shape index (κ3) is 3.06. The van der Waals surface area contributed by atoms with Crippen molar-refractivity contribution >= 4 is 23.2 Å². The molecule has 5 heteroatoms. The minimum Gasteiger partial charge on any atom is -0.388 e. The number of aliphatic hydroxyl groups is 1. The highest BCUT2D eigenvalue weighted by Crippen LogP contribution is 2.32. The number of halogens is 4. The highest BCUT2D eigenvalue weighted by Gasteiger charge is 2.19. The van der Waals surface area contributed by atoms with Gasteiger partial charge in [0, 0.05) is 27.6 Å². The molecular weight excluding hydrogens is 293 g/mol. The number of aliphatic hydroxyl groups excluding tert-OH is 1. The molecule has 0 saturated carbocycles. The second kappa shape index (κ2) is 5.87. The first-order valence-electron chi connectivity index (χ1n) is 5.55. The van der Waals surface area contributed by atoms with Crippen LogP contribution < -0.4 is 0 Å². The molecular formula is C14H10Cl2F2O. The summed E-state index contributed by atoms with van der Waals surface area (Å²) in [7, 11) is 0. The van der Waals surface area contributed by atoms with E-state index in [2.05, 4.69) is 0 Å². The van der Waals surface area contributed by atoms with Crippen molar-refractivity contribution in [1.29, 1.82) is 0 Å². The van der Waals surface area contributed by atoms with Crippen LogP contribution >= 0.6 is 23.2 Å². The van der Waals surface area contributed by atoms with Gasteiger partial charge in [0.2, 0.25) is 0 Å². The lowest BCUT2D eigenvalue weighted by Gasteiger charge is -2.15. The molecule has 2 aromatic rings. The van der Waals surface area contributed by atoms with E-state index in [9.17, 15) is 13.9 Å². The van der Waals surface area contributed by atoms with Crippen LogP contribution in [0.4, 0.5) is 8.78 Å². The van der Waals surface area contributed by atoms with Crippen molar-refractivity contribution < 1.29 is 13.9 Å². The van der Waals surface area contributed by atoms with Crippen LogP contribution in [0.5, 0.6) is 0 Å². The van der Waals surface area contributed by atoms with E-state index < -0.39 is 17.7 Å². The Kier molecular flexibility index (Phi) is 4.40. The summed E-state index contributed by atoms with van der Waals surface area (Å²) < 4.78 is 27.0. The van der Waals surface area contributed by atoms with E-state index in [1.54, 1.807) is 18.2 Å². The fourth-order valence-corrected chi connectivity index (χ4v) is 2.50. The van der Waals surface area contributed by atoms with Crippen LogP contribution in [-0.4, -0.2) is 5.11 Å². The van der Waals surface area contributed by atoms with Crippen LogP contribution in [0.3, 0.4) is 0 Å². The summed E-state index contributed by atoms with van der Waals surface area (Å²) >= 11 is 11.9. The Balaban J connectivity index is 2.34. The van der Waals surface area contributed by atoms with Crippen LogP contribution in [-0.2, 0) is 6.42 Å². The van der Waals surface area contributed by atoms with Gasteiger partial charge in [-0.3, -0.25) is 0 Å². The lowest BCUT2D eigenvalue weighted by Crippen LogP contribution is -2.07. The molecule has 0 aromatic heterocycles. The van der Waals surface area contributed by atoms with Crippen LogP contribution in [0.25, 0.3) is 0 Å². The molecule has 19 heavy (non-hydrogen) atoms. The van der Waals surface area contributed by atoms with Crippen LogP contribution in [0.1, 0.15) is 17.2 Å². The molecule has 0 saturated heterocycles. The van der Waals surface area contributed by atoms with E-state index in [0.717, 1.165) is 12.1 Å². The predicted octanol–water partition coefficient (Wildman–Crippen LogP) is 4.55. The summed E-state index contributed by atoms with van der Waals surface area (Å²) in [6.45, 7) is 0. The summed E-state index contributed by atoms with van der Waals surface area (Å²) in [6, 6.07) is 8.29. The maximum atomic E-state index is 13.5. The molecule has 1 unspecified atom stereocenters. The van der Waals surface area contributed by atoms with Crippen LogP contribution in [0, 0.1) is 11.6 Å². The van der Waals surface area contributed by atoms with Gasteiger partial charge in [0.25, 0.3) is 0 Å². The quantitative estimate of drug-likeness (QED) is 0.882. The fourth-order valence-electron chi connectivity index (χ4n) is 1.85. The highest BCUT2D eigenvalue weighted by molar-refractivity contribution is 6.36. The van der Waals surface area contributed by atoms with E-state index in [0.29, 0.717) is 0 Å². The average molecular weight is 303 g/mol. The molecule has 0 aliphatic rings. The second-order valence-electron chi connectivity index (χ2n) is 4.06. The van der Waals surface area contributed by atoms with Gasteiger partial charge in [-0.1, -0.05) is 35.3 Å². The molecule has 0 fully saturated rings. The fraction of sp³-hybridized carbons (Fsp3) is 0.143. The maximum absolute atomic E-state index is 13.5. The van der Waals surface area contributed by atoms with Crippen molar-refractivity contribution in [3.05, 3.63) is 69.2 Å². The van der Waals surface area contributed by atoms with Gasteiger partial charge in [-0.25, -0.2) is 8.78 Å². The largest absolute Gasteiger partial charge is 0.388 e. The minimum atomic E-state index is -1.17. The zero-order valence-corrected chi connectivity index (χ0v) is 11.2. The summed E-state index contributed by atoms with van der Waals surface area (Å²) in [5.74, 6) is -1.41. The summed E-state index contributed by atoms with van der Waals surface area (Å²) in [5, 5.41) is 10.6. The van der Waals surface area contributed by atoms with Gasteiger partial charge >= 0.3 is 0 Å². The van der Waals surface area contributed by atoms with Crippen molar-refractivity contribution in [1.82, 2.24) is 0 Å². The second-order valence-corrected chi connectivity index (χ2v) is 4.87. The molecule has 0 bridgehead atoms. The third-order valence-corrected chi connectivity index (χ3v) is 3.45. The Hall–Kier alpha value is -1.16. The molecule has 0 aliphatic carbocycles. The molecule has 0 aliphatic heterocycles. The molecule has 0 amide bonds. The maximum Gasteiger partial charge on any atom is 0.129 e. The molecule has 1 N–H and O–H groups in total. The van der Waals surface area contributed by atoms with Gasteiger partial charge in [0.15, 0.2) is 0 Å². The zero-order valence-electron chi connectivity index (χ0n) is 9.71. The zero-order chi connectivity index (χ0) is 14.0. The molecule has 0 heterocycles. The topological polar surface area (TPSA) is 20.2 Å². The minimum absolute atomic E-state index is 0.189. The van der Waals surface area contributed by atoms with Gasteiger partial charge < -0.3 is 5.11 Å². The van der Waals surface area contributed by atoms with Crippen molar-refractivity contribution in [3.63, 3.8) is 0 Å². The van der Waals surface area contributed by atoms with E-state index >= 15 is 0 Å². The van der Waals surface area contributed by atoms with Crippen LogP contribution in [0.15, 0.2) is 36.4 Å². The van der Waals surface area contributed by atoms with Crippen molar-refractivity contribution in [2.45, 2.75) is 12.5 Å². The number of rotatable bonds is 3. The van der Waals surface area contributed by atoms with E-state index in [1.807, 2.05) is 0 Å². The number of benzene rings is 2. The molecule has 1 nitrogen and oxygen atoms in total. The molecule has 2 rings (SSSR count). The average Bonchev–Trinajstić information content (AvgIpc) is 2.34. The summed E-state index contributed by atoms with van der Waals surface area (Å²) in [4.78, 5) is 0. The Morgan fingerprint density at radius 3 is 1.95 bits per heavy atom. The lowest BCUT2D eigenvalue weighted by atomic mass is 10.0. The predicted molar refractivity (Wildman–Crippen MR) is 71.5 cm³/mol. The monoisotopic (exact) mass is 302 g/mol. The SMILES string of the molecule is OC(Cc1c(F)cccc1F)c1c(Cl)cccc1Cl. The third-order valence-electron chi connectivity index (χ3n) is 2.79. The smallest absolute Gasteiger partial charge is 0.129 e. The Morgan fingerprint density at radius 2 is 1.42 bits per heavy atom. The first-order valence-corrected chi connectivity index (χ1v) is 6.31. The summed E-state index contributed by atoms with van der Waals surface area (Å²) in [6.07, 6.45) is -1.41. The van der Waals surface area contributed by atoms with Gasteiger partial charge in [-0.2, -0.15) is 0 Å². The van der Waals surface area contributed by atoms with Gasteiger partial charge in [-0.05, 0) is 24.3 Å². The van der Waals surface area contributed by atoms with E-state index in [-0.39, 0.29) is 27.6 Å². The Morgan fingerprint density at radius 1 is 0.947 bits per heavy atom. The van der Waals surface area contributed by atoms with Gasteiger partial charge in [-0.15, -0.1) is 0 Å². The van der Waals surface area contributed by atoms with Crippen molar-refractivity contribution in [2.24, 2.45) is 0 Å². The Labute approximate surface area is 119 Å². The molecule has 0 spiro atoms. The molecule has 2 aromatic carbocycles. The van der Waals surface area contributed by atoms with Crippen molar-refractivity contribution in [2.75, 3.05) is 0 Å². The first kappa shape index (κ1) is 14.3. The molecule has 1 atom stereocenters. The van der Waals surface area contributed by atoms with E-state index in [1.165, 1.54) is 6.07 Å². The van der Waals surface area contributed by atoms with Gasteiger partial charge in [0.1, 0.15) is 11.6 Å². The summed E-state index contributed by atoms with van der Waals surface area (Å²) in [5.41, 5.74) is 0.0828. The van der Waals surface area contributed by atoms with Crippen molar-refractivity contribution in [3.8, 4) is 0 Å². The molecule has 100 valence electrons. The standard InChI is InChI=1S/C14H10Cl2F2O/c15-9-3-1-4-10(16)14(9)13(19)7-8-11(17)5-2-6-12(8)18/h1-6,13,19H,7H2. The lowest BCUT2D eigenvalue weighted by molar-refractivity contribution is 0.176. The number of hydrogen-bond acceptors (Lipinski definition) is 1. The van der Waals surface area contributed by atoms with Crippen LogP contribution in [0.2, 0.25) is 10.0 Å². The van der Waals surface area contributed by atoms with E-state index in [4.69, 9.17) is 23.2 Å². The Bertz CT molecular complexity index is 561. The van der Waals surface area contributed by atoms with Gasteiger partial charge in [0.05, 0.1) is 6.10 Å². The first-order chi connectivity index (χ1) is 9.00. The normalized spacial score (nSPS) is 12.5. The molecule has 0 radical (unpaired) electrons. The number of hydrogen-bond donors (Lipinski definition) is 1.